The van der Waals surface area contributed by atoms with E-state index in [0.717, 1.165) is 10.7 Å². The Morgan fingerprint density at radius 3 is 2.95 bits per heavy atom. The molecule has 1 heterocycles. The van der Waals surface area contributed by atoms with Crippen LogP contribution in [-0.4, -0.2) is 11.1 Å². The lowest BCUT2D eigenvalue weighted by molar-refractivity contribution is -0.384. The monoisotopic (exact) mass is 277 g/mol. The number of nitro groups is 1. The summed E-state index contributed by atoms with van der Waals surface area (Å²) in [4.78, 5) is 11.1. The number of hydrazone groups is 1. The molecule has 1 aromatic heterocycles. The van der Waals surface area contributed by atoms with Crippen molar-refractivity contribution in [3.63, 3.8) is 0 Å². The molecule has 1 aromatic carbocycles. The molecular weight excluding hydrogens is 266 g/mol. The molecule has 2 aromatic rings. The van der Waals surface area contributed by atoms with E-state index >= 15 is 0 Å². The van der Waals surface area contributed by atoms with E-state index in [1.807, 2.05) is 12.1 Å². The van der Waals surface area contributed by atoms with E-state index in [4.69, 9.17) is 10.3 Å². The summed E-state index contributed by atoms with van der Waals surface area (Å²) in [5.74, 6) is 6.59. The van der Waals surface area contributed by atoms with Gasteiger partial charge in [-0.05, 0) is 18.2 Å². The topological polar surface area (TPSA) is 94.7 Å². The van der Waals surface area contributed by atoms with Gasteiger partial charge in [-0.1, -0.05) is 0 Å². The van der Waals surface area contributed by atoms with Crippen LogP contribution >= 0.6 is 11.8 Å². The van der Waals surface area contributed by atoms with E-state index < -0.39 is 4.92 Å². The molecule has 0 radical (unpaired) electrons. The molecule has 98 valence electrons. The SMILES string of the molecule is NN=Cc1cc([N+](=O)[O-])ccc1SCc1ccco1. The molecule has 0 unspecified atom stereocenters. The Morgan fingerprint density at radius 1 is 1.47 bits per heavy atom. The second-order valence-electron chi connectivity index (χ2n) is 3.63. The second kappa shape index (κ2) is 6.05. The lowest BCUT2D eigenvalue weighted by Crippen LogP contribution is -1.94. The van der Waals surface area contributed by atoms with Crippen molar-refractivity contribution < 1.29 is 9.34 Å². The van der Waals surface area contributed by atoms with Crippen molar-refractivity contribution in [1.29, 1.82) is 0 Å². The lowest BCUT2D eigenvalue weighted by Gasteiger charge is -2.04. The van der Waals surface area contributed by atoms with Gasteiger partial charge in [0.15, 0.2) is 0 Å². The number of hydrogen-bond donors (Lipinski definition) is 1. The molecule has 0 saturated carbocycles. The predicted molar refractivity (Wildman–Crippen MR) is 73.1 cm³/mol. The van der Waals surface area contributed by atoms with Crippen molar-refractivity contribution in [3.05, 3.63) is 58.0 Å². The van der Waals surface area contributed by atoms with Gasteiger partial charge in [0.1, 0.15) is 5.76 Å². The van der Waals surface area contributed by atoms with Crippen LogP contribution in [0.1, 0.15) is 11.3 Å². The molecule has 6 nitrogen and oxygen atoms in total. The Balaban J connectivity index is 2.21. The summed E-state index contributed by atoms with van der Waals surface area (Å²) < 4.78 is 5.23. The molecule has 0 saturated heterocycles. The average Bonchev–Trinajstić information content (AvgIpc) is 2.90. The molecule has 0 amide bonds. The van der Waals surface area contributed by atoms with E-state index in [9.17, 15) is 10.1 Å². The number of rotatable bonds is 5. The van der Waals surface area contributed by atoms with Crippen molar-refractivity contribution in [2.75, 3.05) is 0 Å². The van der Waals surface area contributed by atoms with Crippen molar-refractivity contribution in [2.45, 2.75) is 10.6 Å². The van der Waals surface area contributed by atoms with Gasteiger partial charge < -0.3 is 10.3 Å². The fraction of sp³-hybridized carbons (Fsp3) is 0.0833. The van der Waals surface area contributed by atoms with E-state index in [2.05, 4.69) is 5.10 Å². The maximum absolute atomic E-state index is 10.7. The second-order valence-corrected chi connectivity index (χ2v) is 4.64. The summed E-state index contributed by atoms with van der Waals surface area (Å²) in [5.41, 5.74) is 0.630. The molecule has 2 rings (SSSR count). The highest BCUT2D eigenvalue weighted by Gasteiger charge is 2.10. The third-order valence-corrected chi connectivity index (χ3v) is 3.48. The summed E-state index contributed by atoms with van der Waals surface area (Å²) in [6.45, 7) is 0. The van der Waals surface area contributed by atoms with E-state index in [1.165, 1.54) is 30.1 Å². The minimum Gasteiger partial charge on any atom is -0.468 e. The molecule has 0 aliphatic rings. The number of furan rings is 1. The van der Waals surface area contributed by atoms with E-state index in [1.54, 1.807) is 12.3 Å². The summed E-state index contributed by atoms with van der Waals surface area (Å²) in [6, 6.07) is 8.27. The number of benzene rings is 1. The van der Waals surface area contributed by atoms with Crippen molar-refractivity contribution >= 4 is 23.7 Å². The molecule has 7 heteroatoms. The fourth-order valence-corrected chi connectivity index (χ4v) is 2.41. The number of non-ortho nitro benzene ring substituents is 1. The van der Waals surface area contributed by atoms with Gasteiger partial charge in [-0.3, -0.25) is 10.1 Å². The first kappa shape index (κ1) is 13.2. The van der Waals surface area contributed by atoms with Gasteiger partial charge in [0.25, 0.3) is 5.69 Å². The Kier molecular flexibility index (Phi) is 4.19. The molecular formula is C12H11N3O3S. The Morgan fingerprint density at radius 2 is 2.32 bits per heavy atom. The maximum Gasteiger partial charge on any atom is 0.270 e. The third-order valence-electron chi connectivity index (χ3n) is 2.37. The van der Waals surface area contributed by atoms with Crippen LogP contribution in [-0.2, 0) is 5.75 Å². The zero-order valence-electron chi connectivity index (χ0n) is 9.85. The highest BCUT2D eigenvalue weighted by Crippen LogP contribution is 2.28. The first-order valence-corrected chi connectivity index (χ1v) is 6.36. The molecule has 19 heavy (non-hydrogen) atoms. The van der Waals surface area contributed by atoms with Gasteiger partial charge in [-0.25, -0.2) is 0 Å². The van der Waals surface area contributed by atoms with Crippen LogP contribution in [0, 0.1) is 10.1 Å². The molecule has 0 aliphatic heterocycles. The van der Waals surface area contributed by atoms with Crippen molar-refractivity contribution in [2.24, 2.45) is 10.9 Å². The predicted octanol–water partition coefficient (Wildman–Crippen LogP) is 2.77. The Bertz CT molecular complexity index is 596. The van der Waals surface area contributed by atoms with Crippen LogP contribution in [0.15, 0.2) is 51.0 Å². The molecule has 0 spiro atoms. The zero-order valence-corrected chi connectivity index (χ0v) is 10.7. The molecule has 2 N–H and O–H groups in total. The normalized spacial score (nSPS) is 10.9. The van der Waals surface area contributed by atoms with Crippen LogP contribution < -0.4 is 5.84 Å². The molecule has 0 aliphatic carbocycles. The van der Waals surface area contributed by atoms with E-state index in [-0.39, 0.29) is 5.69 Å². The summed E-state index contributed by atoms with van der Waals surface area (Å²) in [7, 11) is 0. The largest absolute Gasteiger partial charge is 0.468 e. The molecule has 0 atom stereocenters. The standard InChI is InChI=1S/C12H11N3O3S/c13-14-7-9-6-10(15(16)17)3-4-12(9)19-8-11-2-1-5-18-11/h1-7H,8,13H2. The van der Waals surface area contributed by atoms with Crippen LogP contribution in [0.5, 0.6) is 0 Å². The molecule has 0 bridgehead atoms. The smallest absolute Gasteiger partial charge is 0.270 e. The number of thioether (sulfide) groups is 1. The van der Waals surface area contributed by atoms with Crippen LogP contribution in [0.4, 0.5) is 5.69 Å². The third kappa shape index (κ3) is 3.35. The van der Waals surface area contributed by atoms with Gasteiger partial charge in [-0.15, -0.1) is 11.8 Å². The average molecular weight is 277 g/mol. The van der Waals surface area contributed by atoms with Crippen LogP contribution in [0.2, 0.25) is 0 Å². The number of hydrogen-bond acceptors (Lipinski definition) is 6. The summed E-state index contributed by atoms with van der Waals surface area (Å²) in [5, 5.41) is 14.1. The number of nitro benzene ring substituents is 1. The molecule has 0 fully saturated rings. The Hall–Kier alpha value is -2.28. The lowest BCUT2D eigenvalue weighted by atomic mass is 10.2. The van der Waals surface area contributed by atoms with Crippen molar-refractivity contribution in [3.8, 4) is 0 Å². The Labute approximate surface area is 113 Å². The van der Waals surface area contributed by atoms with Crippen molar-refractivity contribution in [1.82, 2.24) is 0 Å². The summed E-state index contributed by atoms with van der Waals surface area (Å²) in [6.07, 6.45) is 3.01. The first-order valence-electron chi connectivity index (χ1n) is 5.37. The van der Waals surface area contributed by atoms with Gasteiger partial charge in [0.05, 0.1) is 23.2 Å². The zero-order chi connectivity index (χ0) is 13.7. The minimum absolute atomic E-state index is 0.0113. The van der Waals surface area contributed by atoms with Crippen LogP contribution in [0.25, 0.3) is 0 Å². The van der Waals surface area contributed by atoms with Gasteiger partial charge in [-0.2, -0.15) is 5.10 Å². The maximum atomic E-state index is 10.7. The quantitative estimate of drug-likeness (QED) is 0.298. The summed E-state index contributed by atoms with van der Waals surface area (Å²) >= 11 is 1.50. The highest BCUT2D eigenvalue weighted by molar-refractivity contribution is 7.98. The van der Waals surface area contributed by atoms with Gasteiger partial charge >= 0.3 is 0 Å². The highest BCUT2D eigenvalue weighted by atomic mass is 32.2. The van der Waals surface area contributed by atoms with Crippen LogP contribution in [0.3, 0.4) is 0 Å². The minimum atomic E-state index is -0.450. The van der Waals surface area contributed by atoms with E-state index in [0.29, 0.717) is 11.3 Å². The fourth-order valence-electron chi connectivity index (χ4n) is 1.51. The first-order chi connectivity index (χ1) is 9.20. The number of nitrogens with zero attached hydrogens (tertiary/aromatic N) is 2. The van der Waals surface area contributed by atoms with Gasteiger partial charge in [0, 0.05) is 22.6 Å². The van der Waals surface area contributed by atoms with Gasteiger partial charge in [0.2, 0.25) is 0 Å². The number of nitrogens with two attached hydrogens (primary N) is 1.